The molecule has 0 aromatic heterocycles. The second kappa shape index (κ2) is 4.51. The average molecular weight is 259 g/mol. The Balaban J connectivity index is 2.56. The third kappa shape index (κ3) is 2.27. The van der Waals surface area contributed by atoms with Gasteiger partial charge >= 0.3 is 12.1 Å². The van der Waals surface area contributed by atoms with Crippen LogP contribution in [0, 0.1) is 0 Å². The summed E-state index contributed by atoms with van der Waals surface area (Å²) in [5, 5.41) is 9.04. The van der Waals surface area contributed by atoms with E-state index in [4.69, 9.17) is 5.11 Å². The molecule has 1 aromatic carbocycles. The first kappa shape index (κ1) is 12.7. The van der Waals surface area contributed by atoms with Crippen molar-refractivity contribution in [1.29, 1.82) is 0 Å². The molecule has 1 aliphatic rings. The predicted molar refractivity (Wildman–Crippen MR) is 59.9 cm³/mol. The Hall–Kier alpha value is -1.72. The number of aromatic carboxylic acids is 1. The highest BCUT2D eigenvalue weighted by atomic mass is 19.4. The highest BCUT2D eigenvalue weighted by Gasteiger charge is 2.37. The van der Waals surface area contributed by atoms with Gasteiger partial charge in [-0.2, -0.15) is 13.2 Å². The number of anilines is 1. The van der Waals surface area contributed by atoms with E-state index in [9.17, 15) is 18.0 Å². The van der Waals surface area contributed by atoms with Gasteiger partial charge in [0.15, 0.2) is 0 Å². The van der Waals surface area contributed by atoms with Crippen LogP contribution in [0.5, 0.6) is 0 Å². The highest BCUT2D eigenvalue weighted by molar-refractivity contribution is 5.96. The fourth-order valence-electron chi connectivity index (χ4n) is 2.22. The van der Waals surface area contributed by atoms with E-state index >= 15 is 0 Å². The van der Waals surface area contributed by atoms with E-state index in [0.717, 1.165) is 18.9 Å². The lowest BCUT2D eigenvalue weighted by molar-refractivity contribution is -0.138. The van der Waals surface area contributed by atoms with E-state index in [1.54, 1.807) is 4.90 Å². The number of hydrogen-bond donors (Lipinski definition) is 1. The Morgan fingerprint density at radius 1 is 1.22 bits per heavy atom. The van der Waals surface area contributed by atoms with Crippen molar-refractivity contribution in [3.05, 3.63) is 29.3 Å². The molecule has 98 valence electrons. The predicted octanol–water partition coefficient (Wildman–Crippen LogP) is 3.00. The van der Waals surface area contributed by atoms with Gasteiger partial charge in [0.05, 0.1) is 16.8 Å². The molecule has 1 heterocycles. The Bertz CT molecular complexity index is 465. The summed E-state index contributed by atoms with van der Waals surface area (Å²) in [7, 11) is 0. The normalized spacial score (nSPS) is 16.1. The molecule has 1 aromatic rings. The first-order chi connectivity index (χ1) is 8.41. The summed E-state index contributed by atoms with van der Waals surface area (Å²) in [5.41, 5.74) is -1.57. The van der Waals surface area contributed by atoms with Crippen molar-refractivity contribution < 1.29 is 23.1 Å². The van der Waals surface area contributed by atoms with Crippen LogP contribution in [0.4, 0.5) is 18.9 Å². The molecule has 0 amide bonds. The van der Waals surface area contributed by atoms with Gasteiger partial charge in [-0.15, -0.1) is 0 Å². The van der Waals surface area contributed by atoms with Crippen molar-refractivity contribution in [3.8, 4) is 0 Å². The van der Waals surface area contributed by atoms with Crippen molar-refractivity contribution in [2.45, 2.75) is 19.0 Å². The molecule has 0 radical (unpaired) electrons. The third-order valence-electron chi connectivity index (χ3n) is 3.01. The Labute approximate surface area is 102 Å². The van der Waals surface area contributed by atoms with Gasteiger partial charge in [0, 0.05) is 13.1 Å². The number of nitrogens with zero attached hydrogens (tertiary/aromatic N) is 1. The summed E-state index contributed by atoms with van der Waals surface area (Å²) >= 11 is 0. The van der Waals surface area contributed by atoms with Crippen LogP contribution in [0.15, 0.2) is 18.2 Å². The van der Waals surface area contributed by atoms with E-state index in [1.165, 1.54) is 12.1 Å². The van der Waals surface area contributed by atoms with Crippen LogP contribution in [0.3, 0.4) is 0 Å². The molecule has 3 nitrogen and oxygen atoms in total. The van der Waals surface area contributed by atoms with Crippen molar-refractivity contribution in [2.75, 3.05) is 18.0 Å². The average Bonchev–Trinajstić information content (AvgIpc) is 2.80. The van der Waals surface area contributed by atoms with Gasteiger partial charge in [-0.3, -0.25) is 0 Å². The molecule has 0 atom stereocenters. The van der Waals surface area contributed by atoms with Gasteiger partial charge in [0.2, 0.25) is 0 Å². The number of carbonyl (C=O) groups is 1. The molecule has 18 heavy (non-hydrogen) atoms. The highest BCUT2D eigenvalue weighted by Crippen LogP contribution is 2.37. The van der Waals surface area contributed by atoms with Gasteiger partial charge in [0.25, 0.3) is 0 Å². The molecule has 1 saturated heterocycles. The fourth-order valence-corrected chi connectivity index (χ4v) is 2.22. The minimum absolute atomic E-state index is 0.162. The second-order valence-electron chi connectivity index (χ2n) is 4.20. The lowest BCUT2D eigenvalue weighted by Crippen LogP contribution is -2.23. The molecule has 0 spiro atoms. The zero-order valence-electron chi connectivity index (χ0n) is 9.50. The van der Waals surface area contributed by atoms with Gasteiger partial charge in [-0.1, -0.05) is 6.07 Å². The van der Waals surface area contributed by atoms with Crippen molar-refractivity contribution >= 4 is 11.7 Å². The number of halogens is 3. The van der Waals surface area contributed by atoms with Crippen molar-refractivity contribution in [1.82, 2.24) is 0 Å². The van der Waals surface area contributed by atoms with Gasteiger partial charge in [0.1, 0.15) is 0 Å². The van der Waals surface area contributed by atoms with Crippen LogP contribution in [0.1, 0.15) is 28.8 Å². The van der Waals surface area contributed by atoms with Gasteiger partial charge in [-0.25, -0.2) is 4.79 Å². The molecule has 1 aliphatic heterocycles. The molecule has 6 heteroatoms. The summed E-state index contributed by atoms with van der Waals surface area (Å²) in [4.78, 5) is 12.8. The standard InChI is InChI=1S/C12H12F3NO2/c13-12(14,15)8-4-3-5-9(10(8)11(17)18)16-6-1-2-7-16/h3-5H,1-2,6-7H2,(H,17,18). The maximum Gasteiger partial charge on any atom is 0.417 e. The number of benzene rings is 1. The lowest BCUT2D eigenvalue weighted by Gasteiger charge is -2.22. The Kier molecular flexibility index (Phi) is 3.19. The SMILES string of the molecule is O=C(O)c1c(N2CCCC2)cccc1C(F)(F)F. The maximum atomic E-state index is 12.8. The molecule has 2 rings (SSSR count). The summed E-state index contributed by atoms with van der Waals surface area (Å²) in [6, 6.07) is 3.50. The van der Waals surface area contributed by atoms with Crippen LogP contribution in [0.2, 0.25) is 0 Å². The smallest absolute Gasteiger partial charge is 0.417 e. The molecular formula is C12H12F3NO2. The van der Waals surface area contributed by atoms with Crippen LogP contribution in [0.25, 0.3) is 0 Å². The summed E-state index contributed by atoms with van der Waals surface area (Å²) in [5.74, 6) is -1.54. The van der Waals surface area contributed by atoms with Gasteiger partial charge in [-0.05, 0) is 25.0 Å². The quantitative estimate of drug-likeness (QED) is 0.887. The third-order valence-corrected chi connectivity index (χ3v) is 3.01. The van der Waals surface area contributed by atoms with E-state index in [2.05, 4.69) is 0 Å². The number of alkyl halides is 3. The van der Waals surface area contributed by atoms with E-state index in [0.29, 0.717) is 13.1 Å². The Morgan fingerprint density at radius 3 is 2.33 bits per heavy atom. The summed E-state index contributed by atoms with van der Waals surface area (Å²) < 4.78 is 38.4. The van der Waals surface area contributed by atoms with Crippen LogP contribution < -0.4 is 4.90 Å². The van der Waals surface area contributed by atoms with Crippen LogP contribution in [-0.2, 0) is 6.18 Å². The zero-order valence-corrected chi connectivity index (χ0v) is 9.50. The van der Waals surface area contributed by atoms with Gasteiger partial charge < -0.3 is 10.0 Å². The maximum absolute atomic E-state index is 12.8. The van der Waals surface area contributed by atoms with Crippen LogP contribution >= 0.6 is 0 Å². The number of carboxylic acids is 1. The summed E-state index contributed by atoms with van der Waals surface area (Å²) in [6.07, 6.45) is -2.91. The monoisotopic (exact) mass is 259 g/mol. The van der Waals surface area contributed by atoms with Crippen molar-refractivity contribution in [2.24, 2.45) is 0 Å². The number of rotatable bonds is 2. The number of hydrogen-bond acceptors (Lipinski definition) is 2. The molecule has 0 aliphatic carbocycles. The molecule has 0 saturated carbocycles. The molecular weight excluding hydrogens is 247 g/mol. The number of carboxylic acid groups (broad SMARTS) is 1. The molecule has 1 N–H and O–H groups in total. The van der Waals surface area contributed by atoms with Crippen LogP contribution in [-0.4, -0.2) is 24.2 Å². The van der Waals surface area contributed by atoms with E-state index < -0.39 is 23.3 Å². The summed E-state index contributed by atoms with van der Waals surface area (Å²) in [6.45, 7) is 1.20. The Morgan fingerprint density at radius 2 is 1.83 bits per heavy atom. The minimum Gasteiger partial charge on any atom is -0.478 e. The molecule has 0 unspecified atom stereocenters. The molecule has 1 fully saturated rings. The first-order valence-corrected chi connectivity index (χ1v) is 5.59. The fraction of sp³-hybridized carbons (Fsp3) is 0.417. The van der Waals surface area contributed by atoms with E-state index in [1.807, 2.05) is 0 Å². The van der Waals surface area contributed by atoms with E-state index in [-0.39, 0.29) is 5.69 Å². The topological polar surface area (TPSA) is 40.5 Å². The zero-order chi connectivity index (χ0) is 13.3. The molecule has 0 bridgehead atoms. The minimum atomic E-state index is -4.65. The second-order valence-corrected chi connectivity index (χ2v) is 4.20. The lowest BCUT2D eigenvalue weighted by atomic mass is 10.0. The largest absolute Gasteiger partial charge is 0.478 e. The van der Waals surface area contributed by atoms with Crippen molar-refractivity contribution in [3.63, 3.8) is 0 Å². The first-order valence-electron chi connectivity index (χ1n) is 5.59.